The van der Waals surface area contributed by atoms with Crippen LogP contribution in [0.3, 0.4) is 0 Å². The summed E-state index contributed by atoms with van der Waals surface area (Å²) in [4.78, 5) is 28.7. The van der Waals surface area contributed by atoms with Crippen LogP contribution >= 0.6 is 11.3 Å². The molecule has 0 aliphatic heterocycles. The van der Waals surface area contributed by atoms with E-state index in [1.54, 1.807) is 0 Å². The Morgan fingerprint density at radius 3 is 2.29 bits per heavy atom. The number of aromatic nitrogens is 1. The molecule has 2 N–H and O–H groups in total. The largest absolute Gasteiger partial charge is 0.335 e. The minimum Gasteiger partial charge on any atom is -0.335 e. The third kappa shape index (κ3) is 2.55. The summed E-state index contributed by atoms with van der Waals surface area (Å²) in [7, 11) is 0. The van der Waals surface area contributed by atoms with Gasteiger partial charge in [0, 0.05) is 16.8 Å². The molecule has 5 fully saturated rings. The van der Waals surface area contributed by atoms with Gasteiger partial charge in [0.1, 0.15) is 0 Å². The molecule has 5 saturated carbocycles. The summed E-state index contributed by atoms with van der Waals surface area (Å²) in [5.74, 6) is 2.22. The second kappa shape index (κ2) is 5.28. The Hall–Kier alpha value is -1.43. The van der Waals surface area contributed by atoms with E-state index in [4.69, 9.17) is 0 Å². The van der Waals surface area contributed by atoms with Gasteiger partial charge in [-0.1, -0.05) is 0 Å². The first-order valence-electron chi connectivity index (χ1n) is 9.17. The van der Waals surface area contributed by atoms with Crippen LogP contribution in [-0.2, 0) is 5.41 Å². The lowest BCUT2D eigenvalue weighted by molar-refractivity contribution is -0.00696. The molecule has 5 aliphatic carbocycles. The maximum atomic E-state index is 12.3. The minimum atomic E-state index is -0.394. The number of carbonyl (C=O) groups excluding carboxylic acids is 2. The normalized spacial score (nSPS) is 36.6. The molecule has 3 amide bonds. The van der Waals surface area contributed by atoms with Crippen molar-refractivity contribution in [2.45, 2.75) is 62.8 Å². The quantitative estimate of drug-likeness (QED) is 0.883. The van der Waals surface area contributed by atoms with Gasteiger partial charge in [-0.3, -0.25) is 10.1 Å². The molecule has 1 heterocycles. The van der Waals surface area contributed by atoms with Crippen molar-refractivity contribution in [1.82, 2.24) is 15.6 Å². The number of amides is 3. The summed E-state index contributed by atoms with van der Waals surface area (Å²) < 4.78 is 0. The zero-order valence-electron chi connectivity index (χ0n) is 13.7. The van der Waals surface area contributed by atoms with Crippen molar-refractivity contribution in [3.8, 4) is 0 Å². The van der Waals surface area contributed by atoms with E-state index in [1.807, 2.05) is 0 Å². The van der Waals surface area contributed by atoms with Gasteiger partial charge in [-0.25, -0.2) is 9.78 Å². The van der Waals surface area contributed by atoms with Crippen LogP contribution in [0.5, 0.6) is 0 Å². The topological polar surface area (TPSA) is 71.1 Å². The molecular formula is C18H23N3O2S. The second-order valence-electron chi connectivity index (χ2n) is 8.44. The van der Waals surface area contributed by atoms with Crippen LogP contribution < -0.4 is 10.6 Å². The van der Waals surface area contributed by atoms with Gasteiger partial charge < -0.3 is 5.32 Å². The first kappa shape index (κ1) is 14.9. The predicted octanol–water partition coefficient (Wildman–Crippen LogP) is 3.21. The molecule has 0 aromatic carbocycles. The lowest BCUT2D eigenvalue weighted by atomic mass is 9.49. The zero-order valence-corrected chi connectivity index (χ0v) is 14.5. The Balaban J connectivity index is 1.32. The lowest BCUT2D eigenvalue weighted by Gasteiger charge is -2.56. The van der Waals surface area contributed by atoms with Gasteiger partial charge in [-0.2, -0.15) is 0 Å². The molecule has 0 atom stereocenters. The molecule has 6 heteroatoms. The number of urea groups is 1. The van der Waals surface area contributed by atoms with Gasteiger partial charge in [-0.05, 0) is 69.1 Å². The molecule has 24 heavy (non-hydrogen) atoms. The van der Waals surface area contributed by atoms with Crippen LogP contribution in [0.15, 0.2) is 5.38 Å². The Bertz CT molecular complexity index is 659. The van der Waals surface area contributed by atoms with E-state index in [1.165, 1.54) is 49.9 Å². The van der Waals surface area contributed by atoms with Crippen LogP contribution in [0.1, 0.15) is 66.9 Å². The first-order valence-corrected chi connectivity index (χ1v) is 10.1. The van der Waals surface area contributed by atoms with Crippen molar-refractivity contribution in [3.05, 3.63) is 16.1 Å². The highest BCUT2D eigenvalue weighted by Gasteiger charge is 2.52. The standard InChI is InChI=1S/C18H23N3O2S/c22-15(21-17(23)19-13-1-2-13)16-20-14(9-24-16)18-6-10-3-11(7-18)5-12(4-10)8-18/h9-13H,1-8H2,(H2,19,21,22,23). The third-order valence-electron chi connectivity index (χ3n) is 6.42. The van der Waals surface area contributed by atoms with Crippen LogP contribution in [0.4, 0.5) is 4.79 Å². The van der Waals surface area contributed by atoms with E-state index in [-0.39, 0.29) is 17.4 Å². The van der Waals surface area contributed by atoms with Crippen LogP contribution in [-0.4, -0.2) is 23.0 Å². The van der Waals surface area contributed by atoms with Crippen molar-refractivity contribution in [2.75, 3.05) is 0 Å². The number of hydrogen-bond acceptors (Lipinski definition) is 4. The van der Waals surface area contributed by atoms with Crippen molar-refractivity contribution in [2.24, 2.45) is 17.8 Å². The summed E-state index contributed by atoms with van der Waals surface area (Å²) >= 11 is 1.38. The number of nitrogens with one attached hydrogen (secondary N) is 2. The Labute approximate surface area is 145 Å². The van der Waals surface area contributed by atoms with Crippen LogP contribution in [0, 0.1) is 17.8 Å². The number of nitrogens with zero attached hydrogens (tertiary/aromatic N) is 1. The van der Waals surface area contributed by atoms with Gasteiger partial charge in [0.25, 0.3) is 5.91 Å². The lowest BCUT2D eigenvalue weighted by Crippen LogP contribution is -2.48. The molecule has 5 aliphatic rings. The smallest absolute Gasteiger partial charge is 0.321 e. The Kier molecular flexibility index (Phi) is 3.27. The fraction of sp³-hybridized carbons (Fsp3) is 0.722. The summed E-state index contributed by atoms with van der Waals surface area (Å²) in [6, 6.07) is -0.147. The summed E-state index contributed by atoms with van der Waals surface area (Å²) in [5, 5.41) is 7.68. The average molecular weight is 345 g/mol. The Morgan fingerprint density at radius 2 is 1.71 bits per heavy atom. The van der Waals surface area contributed by atoms with Crippen molar-refractivity contribution >= 4 is 23.3 Å². The Morgan fingerprint density at radius 1 is 1.08 bits per heavy atom. The molecule has 0 unspecified atom stereocenters. The highest BCUT2D eigenvalue weighted by Crippen LogP contribution is 2.60. The first-order chi connectivity index (χ1) is 11.6. The number of imide groups is 1. The van der Waals surface area contributed by atoms with E-state index < -0.39 is 6.03 Å². The average Bonchev–Trinajstić information content (AvgIpc) is 3.17. The van der Waals surface area contributed by atoms with Gasteiger partial charge >= 0.3 is 6.03 Å². The van der Waals surface area contributed by atoms with Gasteiger partial charge in [0.15, 0.2) is 5.01 Å². The van der Waals surface area contributed by atoms with Gasteiger partial charge in [0.2, 0.25) is 0 Å². The minimum absolute atomic E-state index is 0.208. The fourth-order valence-electron chi connectivity index (χ4n) is 5.65. The third-order valence-corrected chi connectivity index (χ3v) is 7.26. The molecular weight excluding hydrogens is 322 g/mol. The molecule has 0 radical (unpaired) electrons. The van der Waals surface area contributed by atoms with Crippen LogP contribution in [0.2, 0.25) is 0 Å². The molecule has 5 nitrogen and oxygen atoms in total. The van der Waals surface area contributed by atoms with Crippen molar-refractivity contribution in [3.63, 3.8) is 0 Å². The number of rotatable bonds is 3. The number of thiazole rings is 1. The van der Waals surface area contributed by atoms with E-state index in [9.17, 15) is 9.59 Å². The predicted molar refractivity (Wildman–Crippen MR) is 91.0 cm³/mol. The van der Waals surface area contributed by atoms with E-state index >= 15 is 0 Å². The highest BCUT2D eigenvalue weighted by atomic mass is 32.1. The summed E-state index contributed by atoms with van der Waals surface area (Å²) in [6.45, 7) is 0. The highest BCUT2D eigenvalue weighted by molar-refractivity contribution is 7.11. The molecule has 1 aromatic rings. The monoisotopic (exact) mass is 345 g/mol. The van der Waals surface area contributed by atoms with E-state index in [2.05, 4.69) is 21.0 Å². The molecule has 128 valence electrons. The fourth-order valence-corrected chi connectivity index (χ4v) is 6.49. The molecule has 0 spiro atoms. The van der Waals surface area contributed by atoms with Gasteiger partial charge in [-0.15, -0.1) is 11.3 Å². The maximum absolute atomic E-state index is 12.3. The number of carbonyl (C=O) groups is 2. The SMILES string of the molecule is O=C(NC(=O)c1nc(C23CC4CC(CC(C4)C2)C3)cs1)NC1CC1. The molecule has 0 saturated heterocycles. The maximum Gasteiger partial charge on any atom is 0.321 e. The van der Waals surface area contributed by atoms with Gasteiger partial charge in [0.05, 0.1) is 5.69 Å². The summed E-state index contributed by atoms with van der Waals surface area (Å²) in [5.41, 5.74) is 1.32. The van der Waals surface area contributed by atoms with E-state index in [0.717, 1.165) is 36.3 Å². The van der Waals surface area contributed by atoms with Crippen molar-refractivity contribution in [1.29, 1.82) is 0 Å². The molecule has 4 bridgehead atoms. The van der Waals surface area contributed by atoms with E-state index in [0.29, 0.717) is 5.01 Å². The summed E-state index contributed by atoms with van der Waals surface area (Å²) in [6.07, 6.45) is 9.95. The molecule has 6 rings (SSSR count). The van der Waals surface area contributed by atoms with Crippen LogP contribution in [0.25, 0.3) is 0 Å². The second-order valence-corrected chi connectivity index (χ2v) is 9.30. The number of hydrogen-bond donors (Lipinski definition) is 2. The zero-order chi connectivity index (χ0) is 16.3. The van der Waals surface area contributed by atoms with Crippen molar-refractivity contribution < 1.29 is 9.59 Å². The molecule has 1 aromatic heterocycles.